The van der Waals surface area contributed by atoms with E-state index in [-0.39, 0.29) is 0 Å². The third kappa shape index (κ3) is 1.79. The number of nitrogens with zero attached hydrogens (tertiary/aromatic N) is 1. The van der Waals surface area contributed by atoms with Crippen LogP contribution in [0.15, 0.2) is 12.1 Å². The van der Waals surface area contributed by atoms with E-state index in [0.717, 1.165) is 37.5 Å². The molecule has 0 fully saturated rings. The molecule has 1 aromatic rings. The molecule has 2 N–H and O–H groups in total. The Balaban J connectivity index is 2.41. The zero-order valence-electron chi connectivity index (χ0n) is 9.42. The highest BCUT2D eigenvalue weighted by Gasteiger charge is 2.19. The fourth-order valence-corrected chi connectivity index (χ4v) is 2.19. The zero-order chi connectivity index (χ0) is 10.8. The molecule has 0 saturated heterocycles. The van der Waals surface area contributed by atoms with Crippen LogP contribution < -0.4 is 10.5 Å². The number of nitrogens with two attached hydrogens (primary N) is 1. The fraction of sp³-hybridized carbons (Fsp3) is 0.500. The lowest BCUT2D eigenvalue weighted by Gasteiger charge is -2.29. The van der Waals surface area contributed by atoms with Gasteiger partial charge in [-0.3, -0.25) is 4.90 Å². The molecule has 3 nitrogen and oxygen atoms in total. The number of hydrogen-bond donors (Lipinski definition) is 1. The van der Waals surface area contributed by atoms with Crippen LogP contribution in [0, 0.1) is 0 Å². The predicted molar refractivity (Wildman–Crippen MR) is 62.1 cm³/mol. The van der Waals surface area contributed by atoms with Crippen molar-refractivity contribution < 1.29 is 4.74 Å². The lowest BCUT2D eigenvalue weighted by molar-refractivity contribution is 0.262. The SMILES string of the molecule is CCN1CCc2ccc(N)c(OC)c2C1. The molecule has 1 heterocycles. The van der Waals surface area contributed by atoms with Crippen LogP contribution in [-0.4, -0.2) is 25.1 Å². The van der Waals surface area contributed by atoms with Gasteiger partial charge in [0.2, 0.25) is 0 Å². The molecule has 0 atom stereocenters. The topological polar surface area (TPSA) is 38.5 Å². The summed E-state index contributed by atoms with van der Waals surface area (Å²) in [5, 5.41) is 0. The van der Waals surface area contributed by atoms with Crippen molar-refractivity contribution in [2.45, 2.75) is 19.9 Å². The molecule has 2 rings (SSSR count). The minimum atomic E-state index is 0.745. The van der Waals surface area contributed by atoms with Crippen LogP contribution in [0.5, 0.6) is 5.75 Å². The predicted octanol–water partition coefficient (Wildman–Crippen LogP) is 1.66. The van der Waals surface area contributed by atoms with E-state index in [2.05, 4.69) is 17.9 Å². The highest BCUT2D eigenvalue weighted by molar-refractivity contribution is 5.60. The molecule has 1 aliphatic heterocycles. The van der Waals surface area contributed by atoms with Gasteiger partial charge in [-0.25, -0.2) is 0 Å². The molecule has 0 radical (unpaired) electrons. The molecule has 0 bridgehead atoms. The quantitative estimate of drug-likeness (QED) is 0.748. The Labute approximate surface area is 90.8 Å². The van der Waals surface area contributed by atoms with Crippen molar-refractivity contribution in [3.05, 3.63) is 23.3 Å². The normalized spacial score (nSPS) is 16.1. The number of ether oxygens (including phenoxy) is 1. The molecular weight excluding hydrogens is 188 g/mol. The van der Waals surface area contributed by atoms with Gasteiger partial charge in [0.15, 0.2) is 0 Å². The van der Waals surface area contributed by atoms with E-state index in [4.69, 9.17) is 10.5 Å². The van der Waals surface area contributed by atoms with Gasteiger partial charge >= 0.3 is 0 Å². The molecule has 0 aliphatic carbocycles. The minimum absolute atomic E-state index is 0.745. The largest absolute Gasteiger partial charge is 0.494 e. The van der Waals surface area contributed by atoms with E-state index < -0.39 is 0 Å². The van der Waals surface area contributed by atoms with E-state index in [9.17, 15) is 0 Å². The Kier molecular flexibility index (Phi) is 2.82. The Morgan fingerprint density at radius 3 is 2.93 bits per heavy atom. The summed E-state index contributed by atoms with van der Waals surface area (Å²) in [5.41, 5.74) is 9.29. The third-order valence-corrected chi connectivity index (χ3v) is 3.12. The molecule has 82 valence electrons. The van der Waals surface area contributed by atoms with Crippen LogP contribution >= 0.6 is 0 Å². The summed E-state index contributed by atoms with van der Waals surface area (Å²) in [6.45, 7) is 5.36. The maximum absolute atomic E-state index is 5.90. The second kappa shape index (κ2) is 4.11. The number of methoxy groups -OCH3 is 1. The van der Waals surface area contributed by atoms with Crippen LogP contribution in [0.1, 0.15) is 18.1 Å². The molecular formula is C12H18N2O. The van der Waals surface area contributed by atoms with E-state index in [1.54, 1.807) is 7.11 Å². The third-order valence-electron chi connectivity index (χ3n) is 3.12. The fourth-order valence-electron chi connectivity index (χ4n) is 2.19. The molecule has 0 spiro atoms. The van der Waals surface area contributed by atoms with Gasteiger partial charge < -0.3 is 10.5 Å². The monoisotopic (exact) mass is 206 g/mol. The van der Waals surface area contributed by atoms with Crippen molar-refractivity contribution in [3.8, 4) is 5.75 Å². The number of hydrogen-bond acceptors (Lipinski definition) is 3. The van der Waals surface area contributed by atoms with E-state index in [1.807, 2.05) is 6.07 Å². The number of fused-ring (bicyclic) bond motifs is 1. The van der Waals surface area contributed by atoms with Crippen LogP contribution in [0.3, 0.4) is 0 Å². The Morgan fingerprint density at radius 2 is 2.27 bits per heavy atom. The molecule has 0 saturated carbocycles. The van der Waals surface area contributed by atoms with Crippen molar-refractivity contribution >= 4 is 5.69 Å². The van der Waals surface area contributed by atoms with Gasteiger partial charge in [0, 0.05) is 18.7 Å². The number of likely N-dealkylation sites (N-methyl/N-ethyl adjacent to an activating group) is 1. The molecule has 3 heteroatoms. The first-order chi connectivity index (χ1) is 7.26. The van der Waals surface area contributed by atoms with Gasteiger partial charge in [0.05, 0.1) is 12.8 Å². The lowest BCUT2D eigenvalue weighted by atomic mass is 9.98. The van der Waals surface area contributed by atoms with Crippen LogP contribution in [-0.2, 0) is 13.0 Å². The Morgan fingerprint density at radius 1 is 1.47 bits per heavy atom. The molecule has 0 aromatic heterocycles. The lowest BCUT2D eigenvalue weighted by Crippen LogP contribution is -2.30. The van der Waals surface area contributed by atoms with E-state index >= 15 is 0 Å². The van der Waals surface area contributed by atoms with Gasteiger partial charge in [-0.15, -0.1) is 0 Å². The van der Waals surface area contributed by atoms with Crippen LogP contribution in [0.2, 0.25) is 0 Å². The first kappa shape index (κ1) is 10.3. The van der Waals surface area contributed by atoms with Crippen molar-refractivity contribution in [2.24, 2.45) is 0 Å². The summed E-state index contributed by atoms with van der Waals surface area (Å²) in [7, 11) is 1.69. The summed E-state index contributed by atoms with van der Waals surface area (Å²) in [4.78, 5) is 2.41. The summed E-state index contributed by atoms with van der Waals surface area (Å²) in [6, 6.07) is 4.07. The van der Waals surface area contributed by atoms with E-state index in [1.165, 1.54) is 11.1 Å². The summed E-state index contributed by atoms with van der Waals surface area (Å²) < 4.78 is 5.38. The van der Waals surface area contributed by atoms with Crippen molar-refractivity contribution in [1.29, 1.82) is 0 Å². The maximum atomic E-state index is 5.90. The van der Waals surface area contributed by atoms with Crippen LogP contribution in [0.25, 0.3) is 0 Å². The maximum Gasteiger partial charge on any atom is 0.146 e. The second-order valence-electron chi connectivity index (χ2n) is 3.94. The molecule has 15 heavy (non-hydrogen) atoms. The van der Waals surface area contributed by atoms with Gasteiger partial charge in [-0.1, -0.05) is 13.0 Å². The second-order valence-corrected chi connectivity index (χ2v) is 3.94. The number of rotatable bonds is 2. The summed E-state index contributed by atoms with van der Waals surface area (Å²) in [6.07, 6.45) is 1.10. The highest BCUT2D eigenvalue weighted by atomic mass is 16.5. The molecule has 0 amide bonds. The average Bonchev–Trinajstić information content (AvgIpc) is 2.28. The first-order valence-electron chi connectivity index (χ1n) is 5.42. The number of nitrogen functional groups attached to an aromatic ring is 1. The minimum Gasteiger partial charge on any atom is -0.494 e. The molecule has 1 aromatic carbocycles. The smallest absolute Gasteiger partial charge is 0.146 e. The standard InChI is InChI=1S/C12H18N2O/c1-3-14-7-6-9-4-5-11(13)12(15-2)10(9)8-14/h4-5H,3,6-8,13H2,1-2H3. The molecule has 1 aliphatic rings. The zero-order valence-corrected chi connectivity index (χ0v) is 9.42. The van der Waals surface area contributed by atoms with Crippen LogP contribution in [0.4, 0.5) is 5.69 Å². The molecule has 0 unspecified atom stereocenters. The Hall–Kier alpha value is -1.22. The number of anilines is 1. The van der Waals surface area contributed by atoms with Gasteiger partial charge in [0.1, 0.15) is 5.75 Å². The van der Waals surface area contributed by atoms with Crippen molar-refractivity contribution in [1.82, 2.24) is 4.90 Å². The first-order valence-corrected chi connectivity index (χ1v) is 5.42. The average molecular weight is 206 g/mol. The van der Waals surface area contributed by atoms with Crippen molar-refractivity contribution in [2.75, 3.05) is 25.9 Å². The Bertz CT molecular complexity index is 363. The van der Waals surface area contributed by atoms with Gasteiger partial charge in [-0.05, 0) is 24.6 Å². The van der Waals surface area contributed by atoms with Crippen molar-refractivity contribution in [3.63, 3.8) is 0 Å². The summed E-state index contributed by atoms with van der Waals surface area (Å²) in [5.74, 6) is 0.866. The van der Waals surface area contributed by atoms with Gasteiger partial charge in [0.25, 0.3) is 0 Å². The van der Waals surface area contributed by atoms with E-state index in [0.29, 0.717) is 0 Å². The highest BCUT2D eigenvalue weighted by Crippen LogP contribution is 2.32. The number of benzene rings is 1. The van der Waals surface area contributed by atoms with Gasteiger partial charge in [-0.2, -0.15) is 0 Å². The summed E-state index contributed by atoms with van der Waals surface area (Å²) >= 11 is 0.